The van der Waals surface area contributed by atoms with Gasteiger partial charge in [-0.15, -0.1) is 0 Å². The van der Waals surface area contributed by atoms with Gasteiger partial charge < -0.3 is 5.11 Å². The van der Waals surface area contributed by atoms with Crippen molar-refractivity contribution in [3.63, 3.8) is 0 Å². The van der Waals surface area contributed by atoms with Gasteiger partial charge in [0.05, 0.1) is 0 Å². The SMILES string of the molecule is CC1=C(C)C(c2cc(C(C)(C)C)cc(C(C)(C)C)c2O)c2ccccc21. The Hall–Kier alpha value is -2.02. The van der Waals surface area contributed by atoms with Crippen molar-refractivity contribution in [1.82, 2.24) is 0 Å². The van der Waals surface area contributed by atoms with Crippen LogP contribution < -0.4 is 0 Å². The first kappa shape index (κ1) is 18.8. The van der Waals surface area contributed by atoms with Crippen LogP contribution in [-0.2, 0) is 10.8 Å². The van der Waals surface area contributed by atoms with E-state index in [0.29, 0.717) is 5.75 Å². The van der Waals surface area contributed by atoms with Crippen LogP contribution in [0.15, 0.2) is 42.0 Å². The quantitative estimate of drug-likeness (QED) is 0.592. The summed E-state index contributed by atoms with van der Waals surface area (Å²) in [5, 5.41) is 11.3. The van der Waals surface area contributed by atoms with Crippen molar-refractivity contribution in [3.05, 3.63) is 69.8 Å². The Morgan fingerprint density at radius 3 is 2.00 bits per heavy atom. The average Bonchev–Trinajstić information content (AvgIpc) is 2.78. The predicted molar refractivity (Wildman–Crippen MR) is 112 cm³/mol. The molecule has 0 fully saturated rings. The minimum Gasteiger partial charge on any atom is -0.507 e. The highest BCUT2D eigenvalue weighted by Gasteiger charge is 2.33. The molecule has 26 heavy (non-hydrogen) atoms. The number of phenolic OH excluding ortho intramolecular Hbond substituents is 1. The fraction of sp³-hybridized carbons (Fsp3) is 0.440. The molecule has 1 aliphatic rings. The van der Waals surface area contributed by atoms with E-state index in [1.54, 1.807) is 0 Å². The van der Waals surface area contributed by atoms with Gasteiger partial charge in [0.15, 0.2) is 0 Å². The minimum atomic E-state index is -0.106. The number of hydrogen-bond donors (Lipinski definition) is 1. The first-order valence-corrected chi connectivity index (χ1v) is 9.57. The molecular weight excluding hydrogens is 316 g/mol. The molecule has 0 saturated heterocycles. The van der Waals surface area contributed by atoms with E-state index in [2.05, 4.69) is 91.8 Å². The van der Waals surface area contributed by atoms with E-state index < -0.39 is 0 Å². The van der Waals surface area contributed by atoms with Gasteiger partial charge in [0, 0.05) is 11.5 Å². The molecule has 1 aliphatic carbocycles. The lowest BCUT2D eigenvalue weighted by Gasteiger charge is -2.29. The second kappa shape index (κ2) is 6.01. The molecule has 0 spiro atoms. The lowest BCUT2D eigenvalue weighted by molar-refractivity contribution is 0.437. The highest BCUT2D eigenvalue weighted by molar-refractivity contribution is 5.79. The molecule has 2 aromatic carbocycles. The number of allylic oxidation sites excluding steroid dienone is 2. The summed E-state index contributed by atoms with van der Waals surface area (Å²) in [7, 11) is 0. The van der Waals surface area contributed by atoms with Crippen LogP contribution in [0.5, 0.6) is 5.75 Å². The molecule has 0 aliphatic heterocycles. The van der Waals surface area contributed by atoms with E-state index in [1.807, 2.05) is 0 Å². The number of rotatable bonds is 1. The van der Waals surface area contributed by atoms with Gasteiger partial charge in [0.2, 0.25) is 0 Å². The summed E-state index contributed by atoms with van der Waals surface area (Å²) in [5.41, 5.74) is 8.59. The fourth-order valence-electron chi connectivity index (χ4n) is 4.03. The van der Waals surface area contributed by atoms with Gasteiger partial charge in [-0.2, -0.15) is 0 Å². The van der Waals surface area contributed by atoms with Gasteiger partial charge >= 0.3 is 0 Å². The average molecular weight is 349 g/mol. The van der Waals surface area contributed by atoms with E-state index in [1.165, 1.54) is 27.8 Å². The van der Waals surface area contributed by atoms with Crippen molar-refractivity contribution in [2.45, 2.75) is 72.1 Å². The third-order valence-corrected chi connectivity index (χ3v) is 5.82. The molecule has 1 N–H and O–H groups in total. The highest BCUT2D eigenvalue weighted by Crippen LogP contribution is 2.50. The van der Waals surface area contributed by atoms with E-state index >= 15 is 0 Å². The molecule has 1 nitrogen and oxygen atoms in total. The van der Waals surface area contributed by atoms with Gasteiger partial charge in [0.25, 0.3) is 0 Å². The smallest absolute Gasteiger partial charge is 0.123 e. The van der Waals surface area contributed by atoms with E-state index in [9.17, 15) is 5.11 Å². The lowest BCUT2D eigenvalue weighted by Crippen LogP contribution is -2.18. The van der Waals surface area contributed by atoms with Crippen molar-refractivity contribution in [3.8, 4) is 5.75 Å². The first-order valence-electron chi connectivity index (χ1n) is 9.57. The van der Waals surface area contributed by atoms with Gasteiger partial charge in [-0.3, -0.25) is 0 Å². The summed E-state index contributed by atoms with van der Waals surface area (Å²) in [6, 6.07) is 13.0. The molecule has 0 aromatic heterocycles. The topological polar surface area (TPSA) is 20.2 Å². The van der Waals surface area contributed by atoms with Crippen molar-refractivity contribution >= 4 is 5.57 Å². The number of benzene rings is 2. The summed E-state index contributed by atoms with van der Waals surface area (Å²) in [6.45, 7) is 17.7. The normalized spacial score (nSPS) is 17.6. The molecule has 2 aromatic rings. The van der Waals surface area contributed by atoms with Crippen molar-refractivity contribution < 1.29 is 5.11 Å². The van der Waals surface area contributed by atoms with Crippen molar-refractivity contribution in [2.75, 3.05) is 0 Å². The second-order valence-corrected chi connectivity index (χ2v) is 9.79. The van der Waals surface area contributed by atoms with Crippen molar-refractivity contribution in [1.29, 1.82) is 0 Å². The van der Waals surface area contributed by atoms with E-state index in [4.69, 9.17) is 0 Å². The Balaban J connectivity index is 2.32. The molecular formula is C25H32O. The molecule has 1 unspecified atom stereocenters. The maximum absolute atomic E-state index is 11.3. The Bertz CT molecular complexity index is 885. The van der Waals surface area contributed by atoms with Gasteiger partial charge in [0.1, 0.15) is 5.75 Å². The number of hydrogen-bond acceptors (Lipinski definition) is 1. The Kier molecular flexibility index (Phi) is 4.34. The summed E-state index contributed by atoms with van der Waals surface area (Å²) < 4.78 is 0. The van der Waals surface area contributed by atoms with Crippen LogP contribution in [0.3, 0.4) is 0 Å². The molecule has 0 bridgehead atoms. The van der Waals surface area contributed by atoms with Crippen LogP contribution in [0.1, 0.15) is 89.1 Å². The molecule has 0 saturated carbocycles. The third-order valence-electron chi connectivity index (χ3n) is 5.82. The Morgan fingerprint density at radius 2 is 1.42 bits per heavy atom. The molecule has 1 heteroatoms. The van der Waals surface area contributed by atoms with Gasteiger partial charge in [-0.05, 0) is 52.5 Å². The number of fused-ring (bicyclic) bond motifs is 1. The molecule has 3 rings (SSSR count). The molecule has 0 amide bonds. The summed E-state index contributed by atoms with van der Waals surface area (Å²) >= 11 is 0. The molecule has 0 heterocycles. The zero-order valence-electron chi connectivity index (χ0n) is 17.5. The van der Waals surface area contributed by atoms with E-state index in [-0.39, 0.29) is 16.7 Å². The van der Waals surface area contributed by atoms with Crippen LogP contribution in [0, 0.1) is 0 Å². The third kappa shape index (κ3) is 2.98. The molecule has 1 atom stereocenters. The Labute approximate surface area is 158 Å². The number of phenols is 1. The maximum Gasteiger partial charge on any atom is 0.123 e. The summed E-state index contributed by atoms with van der Waals surface area (Å²) in [4.78, 5) is 0. The van der Waals surface area contributed by atoms with Crippen LogP contribution in [0.4, 0.5) is 0 Å². The predicted octanol–water partition coefficient (Wildman–Crippen LogP) is 6.93. The number of aromatic hydroxyl groups is 1. The van der Waals surface area contributed by atoms with Gasteiger partial charge in [-0.1, -0.05) is 83.5 Å². The lowest BCUT2D eigenvalue weighted by atomic mass is 9.76. The summed E-state index contributed by atoms with van der Waals surface area (Å²) in [5.74, 6) is 0.592. The Morgan fingerprint density at radius 1 is 0.808 bits per heavy atom. The van der Waals surface area contributed by atoms with Crippen molar-refractivity contribution in [2.24, 2.45) is 0 Å². The largest absolute Gasteiger partial charge is 0.507 e. The molecule has 138 valence electrons. The van der Waals surface area contributed by atoms with Gasteiger partial charge in [-0.25, -0.2) is 0 Å². The van der Waals surface area contributed by atoms with Crippen LogP contribution in [0.2, 0.25) is 0 Å². The second-order valence-electron chi connectivity index (χ2n) is 9.79. The highest BCUT2D eigenvalue weighted by atomic mass is 16.3. The van der Waals surface area contributed by atoms with Crippen LogP contribution in [0.25, 0.3) is 5.57 Å². The fourth-order valence-corrected chi connectivity index (χ4v) is 4.03. The minimum absolute atomic E-state index is 0.0350. The molecule has 0 radical (unpaired) electrons. The maximum atomic E-state index is 11.3. The zero-order valence-corrected chi connectivity index (χ0v) is 17.5. The summed E-state index contributed by atoms with van der Waals surface area (Å²) in [6.07, 6.45) is 0. The zero-order chi connectivity index (χ0) is 19.4. The monoisotopic (exact) mass is 348 g/mol. The van der Waals surface area contributed by atoms with Crippen LogP contribution >= 0.6 is 0 Å². The first-order chi connectivity index (χ1) is 11.9. The van der Waals surface area contributed by atoms with Crippen LogP contribution in [-0.4, -0.2) is 5.11 Å². The standard InChI is InChI=1S/C25H32O/c1-15-16(2)22(19-12-10-9-11-18(15)19)20-13-17(24(3,4)5)14-21(23(20)26)25(6,7)8/h9-14,22,26H,1-8H3. The van der Waals surface area contributed by atoms with E-state index in [0.717, 1.165) is 11.1 Å².